The molecule has 76 heavy (non-hydrogen) atoms. The molecule has 2 aliphatic heterocycles. The third kappa shape index (κ3) is 10.5. The Morgan fingerprint density at radius 3 is 0.882 bits per heavy atom. The Morgan fingerprint density at radius 1 is 0.303 bits per heavy atom. The number of hydrogen-bond donors (Lipinski definition) is 0. The first-order chi connectivity index (χ1) is 34.7. The molecular formula is C70H90O4P2. The fourth-order valence-electron chi connectivity index (χ4n) is 10.9. The van der Waals surface area contributed by atoms with Gasteiger partial charge in [0.15, 0.2) is 0 Å². The molecule has 1 aliphatic carbocycles. The van der Waals surface area contributed by atoms with Gasteiger partial charge in [0.1, 0.15) is 23.0 Å². The monoisotopic (exact) mass is 1060 g/mol. The summed E-state index contributed by atoms with van der Waals surface area (Å²) in [6.07, 6.45) is 1.37. The van der Waals surface area contributed by atoms with E-state index in [2.05, 4.69) is 251 Å². The summed E-state index contributed by atoms with van der Waals surface area (Å²) in [6, 6.07) is 32.8. The Kier molecular flexibility index (Phi) is 13.6. The summed E-state index contributed by atoms with van der Waals surface area (Å²) in [5, 5.41) is 2.00. The highest BCUT2D eigenvalue weighted by Gasteiger charge is 2.44. The molecule has 6 heteroatoms. The van der Waals surface area contributed by atoms with Gasteiger partial charge in [0.2, 0.25) is 0 Å². The van der Waals surface area contributed by atoms with Gasteiger partial charge in [0.25, 0.3) is 0 Å². The minimum atomic E-state index is -1.94. The summed E-state index contributed by atoms with van der Waals surface area (Å²) in [4.78, 5) is 0. The second-order valence-corrected chi connectivity index (χ2v) is 33.4. The second-order valence-electron chi connectivity index (χ2n) is 30.7. The van der Waals surface area contributed by atoms with Crippen LogP contribution in [0.3, 0.4) is 0 Å². The van der Waals surface area contributed by atoms with Crippen molar-refractivity contribution in [2.45, 2.75) is 222 Å². The fourth-order valence-corrected chi connectivity index (χ4v) is 14.6. The molecule has 0 atom stereocenters. The van der Waals surface area contributed by atoms with E-state index in [4.69, 9.17) is 18.1 Å². The zero-order valence-electron chi connectivity index (χ0n) is 51.0. The van der Waals surface area contributed by atoms with E-state index in [1.54, 1.807) is 0 Å². The minimum Gasteiger partial charge on any atom is -0.435 e. The van der Waals surface area contributed by atoms with Crippen LogP contribution in [0.1, 0.15) is 233 Å². The van der Waals surface area contributed by atoms with Gasteiger partial charge in [-0.25, -0.2) is 0 Å². The quantitative estimate of drug-likeness (QED) is 0.162. The Hall–Kier alpha value is -4.62. The van der Waals surface area contributed by atoms with Crippen molar-refractivity contribution in [1.29, 1.82) is 0 Å². The van der Waals surface area contributed by atoms with Gasteiger partial charge in [-0.3, -0.25) is 0 Å². The maximum Gasteiger partial charge on any atom is 0.327 e. The zero-order valence-corrected chi connectivity index (χ0v) is 52.8. The number of benzene rings is 6. The standard InChI is InChI=1S/C70H90O4P2/c1-63(2,3)45-33-41-31-42-34-46(64(4,5)6)38-53(68(16,17)18)59(42)72-75(71-58(41)52(37-45)67(13,14)15)56-30-29-51-49-27-25-26-28-50(49)57(51)62(56)76-73-60-43(35-47(65(7,8)9)39-54(60)69(19,20)21)32-44-36-48(66(10,11)12)40-55(61(44)74-76)70(22,23)24/h25-30,33-40H,31-32H2,1-24H3. The Bertz CT molecular complexity index is 3110. The molecule has 0 bridgehead atoms. The summed E-state index contributed by atoms with van der Waals surface area (Å²) >= 11 is 0. The normalized spacial score (nSPS) is 15.6. The number of fused-ring (bicyclic) bond motifs is 8. The maximum atomic E-state index is 7.99. The van der Waals surface area contributed by atoms with Gasteiger partial charge in [0, 0.05) is 40.7 Å². The van der Waals surface area contributed by atoms with E-state index in [1.165, 1.54) is 83.5 Å². The summed E-state index contributed by atoms with van der Waals surface area (Å²) < 4.78 is 31.8. The van der Waals surface area contributed by atoms with E-state index >= 15 is 0 Å². The molecule has 3 aliphatic rings. The van der Waals surface area contributed by atoms with E-state index in [9.17, 15) is 0 Å². The van der Waals surface area contributed by atoms with E-state index in [1.807, 2.05) is 0 Å². The topological polar surface area (TPSA) is 36.9 Å². The molecule has 404 valence electrons. The molecule has 4 nitrogen and oxygen atoms in total. The molecule has 0 N–H and O–H groups in total. The van der Waals surface area contributed by atoms with E-state index < -0.39 is 16.8 Å². The third-order valence-electron chi connectivity index (χ3n) is 15.8. The molecule has 6 aromatic rings. The number of hydrogen-bond acceptors (Lipinski definition) is 4. The molecule has 0 amide bonds. The minimum absolute atomic E-state index is 0.0885. The van der Waals surface area contributed by atoms with Gasteiger partial charge in [-0.15, -0.1) is 0 Å². The van der Waals surface area contributed by atoms with Crippen LogP contribution in [0.25, 0.3) is 22.3 Å². The Morgan fingerprint density at radius 2 is 0.592 bits per heavy atom. The van der Waals surface area contributed by atoms with E-state index in [0.29, 0.717) is 12.8 Å². The molecule has 2 heterocycles. The first kappa shape index (κ1) is 56.1. The summed E-state index contributed by atoms with van der Waals surface area (Å²) in [5.41, 5.74) is 18.2. The predicted molar refractivity (Wildman–Crippen MR) is 327 cm³/mol. The van der Waals surface area contributed by atoms with Crippen LogP contribution in [-0.4, -0.2) is 0 Å². The van der Waals surface area contributed by atoms with Crippen molar-refractivity contribution >= 4 is 27.4 Å². The van der Waals surface area contributed by atoms with Crippen LogP contribution in [0.15, 0.2) is 84.9 Å². The lowest BCUT2D eigenvalue weighted by Crippen LogP contribution is -2.34. The fraction of sp³-hybridized carbons (Fsp3) is 0.486. The van der Waals surface area contributed by atoms with Crippen molar-refractivity contribution in [1.82, 2.24) is 0 Å². The lowest BCUT2D eigenvalue weighted by Gasteiger charge is -2.38. The highest BCUT2D eigenvalue weighted by Crippen LogP contribution is 2.59. The first-order valence-corrected chi connectivity index (χ1v) is 30.4. The van der Waals surface area contributed by atoms with Crippen LogP contribution in [0.2, 0.25) is 0 Å². The van der Waals surface area contributed by atoms with E-state index in [0.717, 1.165) is 39.2 Å². The molecule has 0 aromatic heterocycles. The van der Waals surface area contributed by atoms with Crippen LogP contribution >= 0.6 is 16.8 Å². The summed E-state index contributed by atoms with van der Waals surface area (Å²) in [5.74, 6) is 3.68. The molecule has 0 unspecified atom stereocenters. The molecule has 0 radical (unpaired) electrons. The maximum absolute atomic E-state index is 7.99. The van der Waals surface area contributed by atoms with Crippen LogP contribution in [0.5, 0.6) is 23.0 Å². The summed E-state index contributed by atoms with van der Waals surface area (Å²) in [7, 11) is -3.85. The van der Waals surface area contributed by atoms with Crippen molar-refractivity contribution in [3.8, 4) is 45.3 Å². The zero-order chi connectivity index (χ0) is 56.0. The largest absolute Gasteiger partial charge is 0.435 e. The van der Waals surface area contributed by atoms with Crippen LogP contribution in [-0.2, 0) is 56.2 Å². The molecule has 0 fully saturated rings. The van der Waals surface area contributed by atoms with Gasteiger partial charge in [-0.2, -0.15) is 0 Å². The van der Waals surface area contributed by atoms with Crippen molar-refractivity contribution in [2.75, 3.05) is 0 Å². The highest BCUT2D eigenvalue weighted by atomic mass is 31.2. The lowest BCUT2D eigenvalue weighted by molar-refractivity contribution is 0.451. The Labute approximate surface area is 462 Å². The van der Waals surface area contributed by atoms with Gasteiger partial charge in [-0.1, -0.05) is 245 Å². The summed E-state index contributed by atoms with van der Waals surface area (Å²) in [6.45, 7) is 55.8. The van der Waals surface area contributed by atoms with Gasteiger partial charge in [-0.05, 0) is 111 Å². The predicted octanol–water partition coefficient (Wildman–Crippen LogP) is 19.7. The van der Waals surface area contributed by atoms with Crippen molar-refractivity contribution in [3.63, 3.8) is 0 Å². The molecule has 9 rings (SSSR count). The average Bonchev–Trinajstić information content (AvgIpc) is 3.24. The third-order valence-corrected chi connectivity index (χ3v) is 19.0. The van der Waals surface area contributed by atoms with Crippen LogP contribution in [0, 0.1) is 0 Å². The second kappa shape index (κ2) is 18.5. The average molecular weight is 1060 g/mol. The Balaban J connectivity index is 1.42. The van der Waals surface area contributed by atoms with Crippen molar-refractivity contribution in [3.05, 3.63) is 152 Å². The first-order valence-electron chi connectivity index (χ1n) is 28.0. The smallest absolute Gasteiger partial charge is 0.327 e. The molecule has 0 saturated carbocycles. The highest BCUT2D eigenvalue weighted by molar-refractivity contribution is 7.64. The molecule has 6 aromatic carbocycles. The van der Waals surface area contributed by atoms with E-state index in [-0.39, 0.29) is 43.3 Å². The van der Waals surface area contributed by atoms with Crippen molar-refractivity contribution < 1.29 is 18.1 Å². The SMILES string of the molecule is CC(C)(C)c1cc2c(c(C(C)(C)C)c1)OP(c1ccc3c(c1P1Oc4c(cc(C(C)(C)C)cc4C(C)(C)C)Cc4cc(C(C)(C)C)cc(C(C)(C)C)c4O1)-c1ccccc1-3)Oc1c(cc(C(C)(C)C)cc1C(C)(C)C)C2. The lowest BCUT2D eigenvalue weighted by atomic mass is 9.76. The molecule has 0 saturated heterocycles. The van der Waals surface area contributed by atoms with Crippen molar-refractivity contribution in [2.24, 2.45) is 0 Å². The van der Waals surface area contributed by atoms with Gasteiger partial charge in [0.05, 0.1) is 10.6 Å². The van der Waals surface area contributed by atoms with Gasteiger partial charge >= 0.3 is 16.8 Å². The van der Waals surface area contributed by atoms with Crippen LogP contribution < -0.4 is 28.7 Å². The van der Waals surface area contributed by atoms with Gasteiger partial charge < -0.3 is 18.1 Å². The molecule has 0 spiro atoms. The van der Waals surface area contributed by atoms with Crippen LogP contribution in [0.4, 0.5) is 0 Å². The molecular weight excluding hydrogens is 967 g/mol. The number of rotatable bonds is 2.